The zero-order valence-corrected chi connectivity index (χ0v) is 12.2. The van der Waals surface area contributed by atoms with Crippen LogP contribution < -0.4 is 5.69 Å². The molecule has 0 aliphatic heterocycles. The van der Waals surface area contributed by atoms with Crippen LogP contribution in [0.15, 0.2) is 27.5 Å². The molecule has 1 N–H and O–H groups in total. The fourth-order valence-electron chi connectivity index (χ4n) is 1.42. The Hall–Kier alpha value is -1.60. The number of carbonyl (C=O) groups excluding carboxylic acids is 1. The smallest absolute Gasteiger partial charge is 0.343 e. The van der Waals surface area contributed by atoms with E-state index in [1.807, 2.05) is 0 Å². The minimum atomic E-state index is -0.594. The molecule has 0 aliphatic carbocycles. The lowest BCUT2D eigenvalue weighted by atomic mass is 10.2. The minimum Gasteiger partial charge on any atom is -0.454 e. The first-order chi connectivity index (χ1) is 8.99. The van der Waals surface area contributed by atoms with E-state index in [2.05, 4.69) is 26.0 Å². The lowest BCUT2D eigenvalue weighted by Gasteiger charge is -2.06. The molecule has 8 heteroatoms. The molecule has 1 aromatic carbocycles. The second-order valence-corrected chi connectivity index (χ2v) is 4.93. The summed E-state index contributed by atoms with van der Waals surface area (Å²) in [6.07, 6.45) is 0. The number of nitrogens with one attached hydrogen (secondary N) is 1. The fraction of sp³-hybridized carbons (Fsp3) is 0.182. The van der Waals surface area contributed by atoms with Crippen molar-refractivity contribution in [2.75, 3.05) is 0 Å². The molecule has 0 aliphatic rings. The van der Waals surface area contributed by atoms with Gasteiger partial charge in [0.15, 0.2) is 12.4 Å². The van der Waals surface area contributed by atoms with E-state index in [0.717, 1.165) is 4.68 Å². The highest BCUT2D eigenvalue weighted by molar-refractivity contribution is 9.10. The second-order valence-electron chi connectivity index (χ2n) is 3.67. The van der Waals surface area contributed by atoms with Crippen LogP contribution in [0.4, 0.5) is 0 Å². The molecule has 0 fully saturated rings. The molecule has 0 radical (unpaired) electrons. The SMILES string of the molecule is Cn1nc(COC(=O)c2c(Cl)cccc2Br)[nH]c1=O. The van der Waals surface area contributed by atoms with Gasteiger partial charge in [0.05, 0.1) is 10.6 Å². The Morgan fingerprint density at radius 2 is 2.32 bits per heavy atom. The molecule has 6 nitrogen and oxygen atoms in total. The van der Waals surface area contributed by atoms with Crippen molar-refractivity contribution in [3.63, 3.8) is 0 Å². The molecule has 0 saturated heterocycles. The Labute approximate surface area is 121 Å². The minimum absolute atomic E-state index is 0.132. The lowest BCUT2D eigenvalue weighted by Crippen LogP contribution is -2.13. The third kappa shape index (κ3) is 3.05. The molecule has 0 amide bonds. The molecular weight excluding hydrogens is 337 g/mol. The third-order valence-electron chi connectivity index (χ3n) is 2.32. The van der Waals surface area contributed by atoms with Crippen LogP contribution in [-0.4, -0.2) is 20.7 Å². The molecular formula is C11H9BrClN3O3. The van der Waals surface area contributed by atoms with Gasteiger partial charge in [-0.15, -0.1) is 0 Å². The van der Waals surface area contributed by atoms with Gasteiger partial charge in [0.2, 0.25) is 0 Å². The second kappa shape index (κ2) is 5.58. The molecule has 1 aromatic heterocycles. The van der Waals surface area contributed by atoms with Crippen molar-refractivity contribution in [3.8, 4) is 0 Å². The van der Waals surface area contributed by atoms with Gasteiger partial charge < -0.3 is 4.74 Å². The van der Waals surface area contributed by atoms with Crippen molar-refractivity contribution in [2.45, 2.75) is 6.61 Å². The van der Waals surface area contributed by atoms with Crippen LogP contribution in [0, 0.1) is 0 Å². The third-order valence-corrected chi connectivity index (χ3v) is 3.30. The van der Waals surface area contributed by atoms with Crippen molar-refractivity contribution >= 4 is 33.5 Å². The van der Waals surface area contributed by atoms with Gasteiger partial charge in [-0.2, -0.15) is 5.10 Å². The molecule has 0 unspecified atom stereocenters. The molecule has 1 heterocycles. The van der Waals surface area contributed by atoms with Crippen molar-refractivity contribution in [2.24, 2.45) is 7.05 Å². The molecule has 100 valence electrons. The van der Waals surface area contributed by atoms with E-state index in [0.29, 0.717) is 4.47 Å². The maximum Gasteiger partial charge on any atom is 0.343 e. The first-order valence-electron chi connectivity index (χ1n) is 5.22. The predicted octanol–water partition coefficient (Wildman–Crippen LogP) is 1.88. The van der Waals surface area contributed by atoms with Gasteiger partial charge in [-0.05, 0) is 28.1 Å². The summed E-state index contributed by atoms with van der Waals surface area (Å²) in [4.78, 5) is 25.5. The van der Waals surface area contributed by atoms with Crippen molar-refractivity contribution in [1.29, 1.82) is 0 Å². The number of ether oxygens (including phenoxy) is 1. The first kappa shape index (κ1) is 13.8. The maximum atomic E-state index is 11.9. The molecule has 0 bridgehead atoms. The average molecular weight is 347 g/mol. The van der Waals surface area contributed by atoms with Gasteiger partial charge in [0.1, 0.15) is 0 Å². The molecule has 0 saturated carbocycles. The van der Waals surface area contributed by atoms with E-state index >= 15 is 0 Å². The first-order valence-corrected chi connectivity index (χ1v) is 6.39. The number of halogens is 2. The molecule has 2 aromatic rings. The molecule has 19 heavy (non-hydrogen) atoms. The Balaban J connectivity index is 2.12. The quantitative estimate of drug-likeness (QED) is 0.861. The highest BCUT2D eigenvalue weighted by Crippen LogP contribution is 2.25. The largest absolute Gasteiger partial charge is 0.454 e. The Kier molecular flexibility index (Phi) is 4.06. The maximum absolute atomic E-state index is 11.9. The van der Waals surface area contributed by atoms with Gasteiger partial charge in [-0.1, -0.05) is 17.7 Å². The van der Waals surface area contributed by atoms with Crippen LogP contribution in [0.25, 0.3) is 0 Å². The number of hydrogen-bond acceptors (Lipinski definition) is 4. The molecule has 0 spiro atoms. The van der Waals surface area contributed by atoms with Crippen LogP contribution in [0.3, 0.4) is 0 Å². The zero-order valence-electron chi connectivity index (χ0n) is 9.81. The van der Waals surface area contributed by atoms with Crippen LogP contribution >= 0.6 is 27.5 Å². The van der Waals surface area contributed by atoms with E-state index in [-0.39, 0.29) is 28.7 Å². The number of hydrogen-bond donors (Lipinski definition) is 1. The van der Waals surface area contributed by atoms with E-state index in [1.54, 1.807) is 18.2 Å². The average Bonchev–Trinajstić information content (AvgIpc) is 2.66. The topological polar surface area (TPSA) is 77.0 Å². The van der Waals surface area contributed by atoms with Crippen LogP contribution in [0.5, 0.6) is 0 Å². The summed E-state index contributed by atoms with van der Waals surface area (Å²) in [7, 11) is 1.49. The fourth-order valence-corrected chi connectivity index (χ4v) is 2.31. The zero-order chi connectivity index (χ0) is 14.0. The molecule has 2 rings (SSSR count). The number of benzene rings is 1. The summed E-state index contributed by atoms with van der Waals surface area (Å²) in [5.74, 6) is -0.326. The van der Waals surface area contributed by atoms with Gasteiger partial charge in [0, 0.05) is 11.5 Å². The van der Waals surface area contributed by atoms with E-state index in [1.165, 1.54) is 7.05 Å². The summed E-state index contributed by atoms with van der Waals surface area (Å²) in [6, 6.07) is 4.98. The van der Waals surface area contributed by atoms with Crippen molar-refractivity contribution < 1.29 is 9.53 Å². The summed E-state index contributed by atoms with van der Waals surface area (Å²) in [6.45, 7) is -0.132. The highest BCUT2D eigenvalue weighted by atomic mass is 79.9. The number of H-pyrrole nitrogens is 1. The van der Waals surface area contributed by atoms with E-state index in [9.17, 15) is 9.59 Å². The Bertz CT molecular complexity index is 660. The number of nitrogens with zero attached hydrogens (tertiary/aromatic N) is 2. The van der Waals surface area contributed by atoms with Gasteiger partial charge in [-0.25, -0.2) is 14.3 Å². The number of esters is 1. The van der Waals surface area contributed by atoms with Crippen molar-refractivity contribution in [3.05, 3.63) is 49.6 Å². The lowest BCUT2D eigenvalue weighted by molar-refractivity contribution is 0.0461. The summed E-state index contributed by atoms with van der Waals surface area (Å²) < 4.78 is 6.71. The predicted molar refractivity (Wildman–Crippen MR) is 72.1 cm³/mol. The van der Waals surface area contributed by atoms with Gasteiger partial charge in [-0.3, -0.25) is 4.98 Å². The van der Waals surface area contributed by atoms with E-state index < -0.39 is 5.97 Å². The monoisotopic (exact) mass is 345 g/mol. The van der Waals surface area contributed by atoms with Crippen LogP contribution in [0.1, 0.15) is 16.2 Å². The van der Waals surface area contributed by atoms with E-state index in [4.69, 9.17) is 16.3 Å². The van der Waals surface area contributed by atoms with Crippen molar-refractivity contribution in [1.82, 2.24) is 14.8 Å². The highest BCUT2D eigenvalue weighted by Gasteiger charge is 2.16. The molecule has 0 atom stereocenters. The number of aromatic nitrogens is 3. The normalized spacial score (nSPS) is 10.5. The summed E-state index contributed by atoms with van der Waals surface area (Å²) in [5.41, 5.74) is -0.132. The Morgan fingerprint density at radius 3 is 2.89 bits per heavy atom. The number of aromatic amines is 1. The number of aryl methyl sites for hydroxylation is 1. The summed E-state index contributed by atoms with van der Waals surface area (Å²) >= 11 is 9.15. The summed E-state index contributed by atoms with van der Waals surface area (Å²) in [5, 5.41) is 4.13. The standard InChI is InChI=1S/C11H9BrClN3O3/c1-16-11(18)14-8(15-16)5-19-10(17)9-6(12)3-2-4-7(9)13/h2-4H,5H2,1H3,(H,14,15,18). The van der Waals surface area contributed by atoms with Crippen LogP contribution in [-0.2, 0) is 18.4 Å². The number of carbonyl (C=O) groups is 1. The van der Waals surface area contributed by atoms with Gasteiger partial charge in [0.25, 0.3) is 0 Å². The van der Waals surface area contributed by atoms with Crippen LogP contribution in [0.2, 0.25) is 5.02 Å². The Morgan fingerprint density at radius 1 is 1.58 bits per heavy atom. The van der Waals surface area contributed by atoms with Gasteiger partial charge >= 0.3 is 11.7 Å². The number of rotatable bonds is 3.